The van der Waals surface area contributed by atoms with E-state index in [1.807, 2.05) is 17.8 Å². The molecule has 116 valence electrons. The molecule has 0 radical (unpaired) electrons. The van der Waals surface area contributed by atoms with Crippen LogP contribution < -0.4 is 5.32 Å². The van der Waals surface area contributed by atoms with Gasteiger partial charge in [-0.3, -0.25) is 9.36 Å². The summed E-state index contributed by atoms with van der Waals surface area (Å²) in [6.45, 7) is 7.09. The first-order chi connectivity index (χ1) is 9.97. The molecule has 0 amide bonds. The number of nitrogens with zero attached hydrogens (tertiary/aromatic N) is 4. The molecule has 21 heavy (non-hydrogen) atoms. The van der Waals surface area contributed by atoms with Crippen LogP contribution in [-0.2, 0) is 19.6 Å². The normalized spacial score (nSPS) is 11.8. The topological polar surface area (TPSA) is 47.7 Å². The van der Waals surface area contributed by atoms with Gasteiger partial charge in [-0.1, -0.05) is 0 Å². The van der Waals surface area contributed by atoms with E-state index in [1.165, 1.54) is 4.68 Å². The van der Waals surface area contributed by atoms with Crippen molar-refractivity contribution in [3.8, 4) is 0 Å². The van der Waals surface area contributed by atoms with Gasteiger partial charge in [-0.05, 0) is 26.8 Å². The maximum absolute atomic E-state index is 12.2. The fourth-order valence-electron chi connectivity index (χ4n) is 2.22. The minimum atomic E-state index is -2.38. The van der Waals surface area contributed by atoms with Crippen LogP contribution in [0, 0.1) is 6.92 Å². The molecule has 0 atom stereocenters. The fraction of sp³-hybridized carbons (Fsp3) is 0.571. The monoisotopic (exact) mass is 297 g/mol. The molecule has 2 aromatic rings. The molecule has 0 saturated carbocycles. The lowest BCUT2D eigenvalue weighted by Crippen LogP contribution is -2.15. The minimum Gasteiger partial charge on any atom is -0.307 e. The van der Waals surface area contributed by atoms with Crippen LogP contribution in [0.4, 0.5) is 8.78 Å². The Morgan fingerprint density at radius 2 is 2.05 bits per heavy atom. The van der Waals surface area contributed by atoms with Crippen molar-refractivity contribution in [1.29, 1.82) is 0 Å². The first-order valence-corrected chi connectivity index (χ1v) is 7.01. The molecule has 7 heteroatoms. The molecule has 0 saturated heterocycles. The van der Waals surface area contributed by atoms with E-state index in [2.05, 4.69) is 29.4 Å². The second-order valence-electron chi connectivity index (χ2n) is 5.32. The lowest BCUT2D eigenvalue weighted by Gasteiger charge is -2.09. The van der Waals surface area contributed by atoms with Crippen LogP contribution in [0.1, 0.15) is 36.8 Å². The number of hydrogen-bond donors (Lipinski definition) is 1. The summed E-state index contributed by atoms with van der Waals surface area (Å²) in [5, 5.41) is 11.7. The van der Waals surface area contributed by atoms with Gasteiger partial charge in [0.2, 0.25) is 0 Å². The van der Waals surface area contributed by atoms with E-state index in [-0.39, 0.29) is 6.54 Å². The molecular formula is C14H21F2N5. The third-order valence-electron chi connectivity index (χ3n) is 3.28. The van der Waals surface area contributed by atoms with Crippen LogP contribution in [0.2, 0.25) is 0 Å². The first-order valence-electron chi connectivity index (χ1n) is 7.01. The highest BCUT2D eigenvalue weighted by atomic mass is 19.3. The highest BCUT2D eigenvalue weighted by molar-refractivity contribution is 5.16. The zero-order chi connectivity index (χ0) is 15.4. The van der Waals surface area contributed by atoms with Gasteiger partial charge in [0, 0.05) is 36.6 Å². The van der Waals surface area contributed by atoms with E-state index in [4.69, 9.17) is 0 Å². The number of nitrogens with one attached hydrogen (secondary N) is 1. The van der Waals surface area contributed by atoms with E-state index >= 15 is 0 Å². The zero-order valence-electron chi connectivity index (χ0n) is 12.6. The molecule has 2 aromatic heterocycles. The van der Waals surface area contributed by atoms with Gasteiger partial charge in [-0.25, -0.2) is 8.78 Å². The van der Waals surface area contributed by atoms with Gasteiger partial charge in [0.05, 0.1) is 11.9 Å². The summed E-state index contributed by atoms with van der Waals surface area (Å²) in [5.41, 5.74) is 3.03. The Kier molecular flexibility index (Phi) is 5.06. The quantitative estimate of drug-likeness (QED) is 0.854. The number of halogens is 2. The molecule has 2 heterocycles. The lowest BCUT2D eigenvalue weighted by atomic mass is 10.2. The van der Waals surface area contributed by atoms with E-state index in [0.29, 0.717) is 19.1 Å². The molecular weight excluding hydrogens is 276 g/mol. The SMILES string of the molecule is Cc1c(CNCc2ccn(CC(F)F)n2)cnn1C(C)C. The predicted octanol–water partition coefficient (Wildman–Crippen LogP) is 2.52. The van der Waals surface area contributed by atoms with Gasteiger partial charge in [-0.2, -0.15) is 10.2 Å². The van der Waals surface area contributed by atoms with E-state index in [9.17, 15) is 8.78 Å². The Morgan fingerprint density at radius 3 is 2.67 bits per heavy atom. The molecule has 5 nitrogen and oxygen atoms in total. The van der Waals surface area contributed by atoms with E-state index < -0.39 is 6.43 Å². The molecule has 0 bridgehead atoms. The fourth-order valence-corrected chi connectivity index (χ4v) is 2.22. The number of aromatic nitrogens is 4. The van der Waals surface area contributed by atoms with Crippen molar-refractivity contribution in [3.05, 3.63) is 35.4 Å². The Balaban J connectivity index is 1.85. The average molecular weight is 297 g/mol. The lowest BCUT2D eigenvalue weighted by molar-refractivity contribution is 0.121. The maximum atomic E-state index is 12.2. The molecule has 0 aliphatic rings. The minimum absolute atomic E-state index is 0.337. The van der Waals surface area contributed by atoms with Gasteiger partial charge < -0.3 is 5.32 Å². The molecule has 1 N–H and O–H groups in total. The smallest absolute Gasteiger partial charge is 0.257 e. The van der Waals surface area contributed by atoms with Crippen molar-refractivity contribution in [1.82, 2.24) is 24.9 Å². The van der Waals surface area contributed by atoms with Crippen molar-refractivity contribution in [2.75, 3.05) is 0 Å². The molecule has 0 fully saturated rings. The molecule has 0 unspecified atom stereocenters. The van der Waals surface area contributed by atoms with Crippen LogP contribution in [0.25, 0.3) is 0 Å². The highest BCUT2D eigenvalue weighted by Gasteiger charge is 2.09. The van der Waals surface area contributed by atoms with E-state index in [1.54, 1.807) is 12.3 Å². The van der Waals surface area contributed by atoms with Gasteiger partial charge in [-0.15, -0.1) is 0 Å². The Bertz CT molecular complexity index is 574. The Labute approximate surface area is 123 Å². The summed E-state index contributed by atoms with van der Waals surface area (Å²) in [6, 6.07) is 2.09. The summed E-state index contributed by atoms with van der Waals surface area (Å²) in [4.78, 5) is 0. The number of alkyl halides is 2. The van der Waals surface area contributed by atoms with Crippen LogP contribution in [0.15, 0.2) is 18.5 Å². The van der Waals surface area contributed by atoms with Crippen LogP contribution in [-0.4, -0.2) is 26.0 Å². The molecule has 0 aliphatic carbocycles. The highest BCUT2D eigenvalue weighted by Crippen LogP contribution is 2.12. The third kappa shape index (κ3) is 4.10. The number of hydrogen-bond acceptors (Lipinski definition) is 3. The molecule has 0 spiro atoms. The molecule has 0 aliphatic heterocycles. The van der Waals surface area contributed by atoms with Crippen molar-refractivity contribution < 1.29 is 8.78 Å². The standard InChI is InChI=1S/C14H21F2N5/c1-10(2)21-11(3)12(7-18-21)6-17-8-13-4-5-20(19-13)9-14(15)16/h4-5,7,10,14,17H,6,8-9H2,1-3H3. The summed E-state index contributed by atoms with van der Waals surface area (Å²) < 4.78 is 27.7. The van der Waals surface area contributed by atoms with Crippen molar-refractivity contribution in [2.45, 2.75) is 52.9 Å². The van der Waals surface area contributed by atoms with Gasteiger partial charge in [0.1, 0.15) is 6.54 Å². The Hall–Kier alpha value is -1.76. The summed E-state index contributed by atoms with van der Waals surface area (Å²) in [6.07, 6.45) is 1.05. The molecule has 0 aromatic carbocycles. The van der Waals surface area contributed by atoms with Crippen LogP contribution >= 0.6 is 0 Å². The largest absolute Gasteiger partial charge is 0.307 e. The van der Waals surface area contributed by atoms with Crippen LogP contribution in [0.3, 0.4) is 0 Å². The zero-order valence-corrected chi connectivity index (χ0v) is 12.6. The van der Waals surface area contributed by atoms with Gasteiger partial charge in [0.25, 0.3) is 6.43 Å². The van der Waals surface area contributed by atoms with Crippen molar-refractivity contribution in [3.63, 3.8) is 0 Å². The van der Waals surface area contributed by atoms with Crippen molar-refractivity contribution in [2.24, 2.45) is 0 Å². The molecule has 2 rings (SSSR count). The first kappa shape index (κ1) is 15.6. The second kappa shape index (κ2) is 6.80. The average Bonchev–Trinajstić information content (AvgIpc) is 2.97. The van der Waals surface area contributed by atoms with E-state index in [0.717, 1.165) is 17.0 Å². The number of rotatable bonds is 7. The second-order valence-corrected chi connectivity index (χ2v) is 5.32. The third-order valence-corrected chi connectivity index (χ3v) is 3.28. The van der Waals surface area contributed by atoms with Gasteiger partial charge in [0.15, 0.2) is 0 Å². The Morgan fingerprint density at radius 1 is 1.29 bits per heavy atom. The summed E-state index contributed by atoms with van der Waals surface area (Å²) in [7, 11) is 0. The maximum Gasteiger partial charge on any atom is 0.257 e. The van der Waals surface area contributed by atoms with Crippen LogP contribution in [0.5, 0.6) is 0 Å². The summed E-state index contributed by atoms with van der Waals surface area (Å²) in [5.74, 6) is 0. The van der Waals surface area contributed by atoms with Crippen molar-refractivity contribution >= 4 is 0 Å². The van der Waals surface area contributed by atoms with Gasteiger partial charge >= 0.3 is 0 Å². The predicted molar refractivity (Wildman–Crippen MR) is 76.1 cm³/mol. The summed E-state index contributed by atoms with van der Waals surface area (Å²) >= 11 is 0.